The number of dihydropyridines is 1. The van der Waals surface area contributed by atoms with Gasteiger partial charge in [-0.05, 0) is 140 Å². The number of nitrogens with one attached hydrogen (secondary N) is 2. The van der Waals surface area contributed by atoms with Gasteiger partial charge in [-0.1, -0.05) is 104 Å². The Hall–Kier alpha value is -5.22. The van der Waals surface area contributed by atoms with Crippen LogP contribution in [0.15, 0.2) is 127 Å². The van der Waals surface area contributed by atoms with E-state index in [1.165, 1.54) is 56.5 Å². The standard InChI is InChI=1S/C49H50N4/c1-31-30-44(53(46-23-9-11-27-51-46)42-21-13-17-35-15-5-7-19-38(35)42)47-33(3)28-40-32(2)29-43(39-25-24-36(31)49(47)48(39)40)52(45-22-8-10-26-50-45)41-20-12-16-34-14-4-6-18-37(34)41/h5-8,10-13,15-22,24-27,29-30,33,39-40,43,45-46,48,50-51H,4,9,14,23,28H2,1-3H3. The van der Waals surface area contributed by atoms with Gasteiger partial charge < -0.3 is 20.4 Å². The third-order valence-corrected chi connectivity index (χ3v) is 13.1. The van der Waals surface area contributed by atoms with Gasteiger partial charge in [0.15, 0.2) is 0 Å². The molecule has 10 rings (SSSR count). The van der Waals surface area contributed by atoms with E-state index >= 15 is 0 Å². The fourth-order valence-electron chi connectivity index (χ4n) is 10.8. The summed E-state index contributed by atoms with van der Waals surface area (Å²) in [6, 6.07) is 25.5. The summed E-state index contributed by atoms with van der Waals surface area (Å²) in [5.74, 6) is 1.69. The molecule has 0 saturated carbocycles. The molecule has 4 nitrogen and oxygen atoms in total. The molecule has 2 heterocycles. The average Bonchev–Trinajstić information content (AvgIpc) is 3.20. The molecule has 0 radical (unpaired) electrons. The van der Waals surface area contributed by atoms with Crippen LogP contribution in [0.25, 0.3) is 22.9 Å². The zero-order valence-electron chi connectivity index (χ0n) is 31.2. The average molecular weight is 695 g/mol. The molecule has 4 aromatic carbocycles. The quantitative estimate of drug-likeness (QED) is 0.197. The fourth-order valence-corrected chi connectivity index (χ4v) is 10.8. The van der Waals surface area contributed by atoms with Crippen molar-refractivity contribution in [3.8, 4) is 0 Å². The van der Waals surface area contributed by atoms with Crippen LogP contribution in [0, 0.1) is 18.8 Å². The van der Waals surface area contributed by atoms with E-state index in [9.17, 15) is 0 Å². The SMILES string of the molecule is CC1=CC(N(c2cccc3c2C=CCC3)C2C=CC=CN2)C2C=Cc3c(C)cc(N(c4cccc5ccccc45)C4CCC=CN4)c4c3C2C1CC4C. The summed E-state index contributed by atoms with van der Waals surface area (Å²) >= 11 is 0. The Kier molecular flexibility index (Phi) is 7.97. The van der Waals surface area contributed by atoms with E-state index in [2.05, 4.69) is 175 Å². The largest absolute Gasteiger partial charge is 0.371 e. The van der Waals surface area contributed by atoms with Crippen LogP contribution in [0.5, 0.6) is 0 Å². The number of hydrogen-bond donors (Lipinski definition) is 2. The second-order valence-electron chi connectivity index (χ2n) is 16.1. The van der Waals surface area contributed by atoms with E-state index < -0.39 is 0 Å². The molecule has 4 heteroatoms. The Labute approximate surface area is 315 Å². The van der Waals surface area contributed by atoms with E-state index in [-0.39, 0.29) is 18.4 Å². The molecule has 2 aliphatic heterocycles. The van der Waals surface area contributed by atoms with Crippen LogP contribution in [0.4, 0.5) is 17.1 Å². The van der Waals surface area contributed by atoms with Gasteiger partial charge >= 0.3 is 0 Å². The van der Waals surface area contributed by atoms with Crippen molar-refractivity contribution >= 4 is 40.0 Å². The van der Waals surface area contributed by atoms with Crippen molar-refractivity contribution in [1.82, 2.24) is 10.6 Å². The summed E-state index contributed by atoms with van der Waals surface area (Å²) in [5.41, 5.74) is 14.4. The van der Waals surface area contributed by atoms with Gasteiger partial charge in [0, 0.05) is 28.2 Å². The Morgan fingerprint density at radius 3 is 2.49 bits per heavy atom. The lowest BCUT2D eigenvalue weighted by atomic mass is 9.56. The molecule has 0 saturated heterocycles. The molecule has 6 aliphatic rings. The molecule has 0 bridgehead atoms. The topological polar surface area (TPSA) is 30.5 Å². The number of rotatable bonds is 6. The van der Waals surface area contributed by atoms with Crippen LogP contribution >= 0.6 is 0 Å². The maximum absolute atomic E-state index is 3.82. The van der Waals surface area contributed by atoms with Crippen LogP contribution in [-0.2, 0) is 6.42 Å². The van der Waals surface area contributed by atoms with Crippen LogP contribution in [-0.4, -0.2) is 18.4 Å². The maximum atomic E-state index is 3.82. The van der Waals surface area contributed by atoms with Crippen LogP contribution in [0.1, 0.15) is 84.7 Å². The zero-order chi connectivity index (χ0) is 35.6. The molecule has 2 N–H and O–H groups in total. The van der Waals surface area contributed by atoms with Gasteiger partial charge in [-0.3, -0.25) is 0 Å². The normalized spacial score (nSPS) is 27.4. The first-order chi connectivity index (χ1) is 26.1. The molecule has 7 unspecified atom stereocenters. The first-order valence-electron chi connectivity index (χ1n) is 19.9. The van der Waals surface area contributed by atoms with Crippen molar-refractivity contribution in [2.24, 2.45) is 11.8 Å². The van der Waals surface area contributed by atoms with Crippen molar-refractivity contribution in [3.05, 3.63) is 161 Å². The van der Waals surface area contributed by atoms with E-state index in [1.54, 1.807) is 16.7 Å². The Morgan fingerprint density at radius 1 is 0.755 bits per heavy atom. The highest BCUT2D eigenvalue weighted by Crippen LogP contribution is 2.59. The molecule has 266 valence electrons. The predicted octanol–water partition coefficient (Wildman–Crippen LogP) is 11.2. The summed E-state index contributed by atoms with van der Waals surface area (Å²) in [6.45, 7) is 7.29. The second kappa shape index (κ2) is 13.0. The molecule has 0 spiro atoms. The van der Waals surface area contributed by atoms with Crippen molar-refractivity contribution in [1.29, 1.82) is 0 Å². The third-order valence-electron chi connectivity index (χ3n) is 13.1. The zero-order valence-corrected chi connectivity index (χ0v) is 31.2. The highest BCUT2D eigenvalue weighted by atomic mass is 15.3. The molecule has 0 aromatic heterocycles. The van der Waals surface area contributed by atoms with E-state index in [1.807, 2.05) is 0 Å². The van der Waals surface area contributed by atoms with Gasteiger partial charge in [0.1, 0.15) is 12.3 Å². The summed E-state index contributed by atoms with van der Waals surface area (Å²) in [5, 5.41) is 10.2. The molecule has 53 heavy (non-hydrogen) atoms. The number of benzene rings is 4. The number of aryl methyl sites for hydroxylation is 2. The predicted molar refractivity (Wildman–Crippen MR) is 223 cm³/mol. The van der Waals surface area contributed by atoms with Crippen LogP contribution in [0.2, 0.25) is 0 Å². The minimum atomic E-state index is 0.0598. The Balaban J connectivity index is 1.16. The van der Waals surface area contributed by atoms with Crippen molar-refractivity contribution < 1.29 is 0 Å². The van der Waals surface area contributed by atoms with Crippen molar-refractivity contribution in [3.63, 3.8) is 0 Å². The molecule has 7 atom stereocenters. The first kappa shape index (κ1) is 32.4. The molecular weight excluding hydrogens is 645 g/mol. The smallest absolute Gasteiger partial charge is 0.119 e. The summed E-state index contributed by atoms with van der Waals surface area (Å²) in [7, 11) is 0. The summed E-state index contributed by atoms with van der Waals surface area (Å²) in [6.07, 6.45) is 31.5. The van der Waals surface area contributed by atoms with Crippen molar-refractivity contribution in [2.45, 2.75) is 83.1 Å². The van der Waals surface area contributed by atoms with Crippen molar-refractivity contribution in [2.75, 3.05) is 9.80 Å². The lowest BCUT2D eigenvalue weighted by Gasteiger charge is -2.53. The third kappa shape index (κ3) is 5.24. The Bertz CT molecular complexity index is 2280. The van der Waals surface area contributed by atoms with E-state index in [0.29, 0.717) is 23.7 Å². The minimum absolute atomic E-state index is 0.0598. The van der Waals surface area contributed by atoms with Crippen LogP contribution in [0.3, 0.4) is 0 Å². The van der Waals surface area contributed by atoms with Gasteiger partial charge in [0.05, 0.1) is 11.7 Å². The van der Waals surface area contributed by atoms with E-state index in [4.69, 9.17) is 0 Å². The first-order valence-corrected chi connectivity index (χ1v) is 19.9. The minimum Gasteiger partial charge on any atom is -0.371 e. The molecule has 4 aliphatic carbocycles. The number of fused-ring (bicyclic) bond motifs is 2. The number of allylic oxidation sites excluding steroid dienone is 5. The molecular formula is C49H50N4. The molecule has 0 fully saturated rings. The molecule has 4 aromatic rings. The van der Waals surface area contributed by atoms with Gasteiger partial charge in [0.2, 0.25) is 0 Å². The fraction of sp³-hybridized carbons (Fsp3) is 0.306. The number of anilines is 3. The lowest BCUT2D eigenvalue weighted by molar-refractivity contribution is 0.279. The van der Waals surface area contributed by atoms with E-state index in [0.717, 1.165) is 25.7 Å². The Morgan fingerprint density at radius 2 is 1.62 bits per heavy atom. The second-order valence-corrected chi connectivity index (χ2v) is 16.1. The van der Waals surface area contributed by atoms with Gasteiger partial charge in [-0.15, -0.1) is 0 Å². The maximum Gasteiger partial charge on any atom is 0.119 e. The number of nitrogens with zero attached hydrogens (tertiary/aromatic N) is 2. The summed E-state index contributed by atoms with van der Waals surface area (Å²) < 4.78 is 0. The monoisotopic (exact) mass is 694 g/mol. The lowest BCUT2D eigenvalue weighted by Crippen LogP contribution is -2.55. The summed E-state index contributed by atoms with van der Waals surface area (Å²) in [4.78, 5) is 5.39. The highest BCUT2D eigenvalue weighted by molar-refractivity contribution is 5.97. The highest BCUT2D eigenvalue weighted by Gasteiger charge is 2.49. The van der Waals surface area contributed by atoms with Gasteiger partial charge in [-0.2, -0.15) is 0 Å². The van der Waals surface area contributed by atoms with Crippen LogP contribution < -0.4 is 20.4 Å². The van der Waals surface area contributed by atoms with Gasteiger partial charge in [0.25, 0.3) is 0 Å². The van der Waals surface area contributed by atoms with Gasteiger partial charge in [-0.25, -0.2) is 0 Å². The molecule has 0 amide bonds. The number of hydrogen-bond acceptors (Lipinski definition) is 4.